The number of rotatable bonds is 7. The molecule has 2 rings (SSSR count). The van der Waals surface area contributed by atoms with E-state index in [2.05, 4.69) is 37.2 Å². The first-order valence-corrected chi connectivity index (χ1v) is 17.3. The summed E-state index contributed by atoms with van der Waals surface area (Å²) in [5, 5.41) is 36.3. The average Bonchev–Trinajstić information content (AvgIpc) is 3.57. The number of carbonyl (C=O) groups is 10. The molecule has 53 heavy (non-hydrogen) atoms. The van der Waals surface area contributed by atoms with Crippen molar-refractivity contribution in [3.63, 3.8) is 0 Å². The maximum atomic E-state index is 13.5. The molecular formula is C32H51N9O12. The van der Waals surface area contributed by atoms with Crippen molar-refractivity contribution in [3.05, 3.63) is 0 Å². The fraction of sp³-hybridized carbons (Fsp3) is 0.688. The Hall–Kier alpha value is -5.34. The number of fused-ring (bicyclic) bond motifs is 1. The molecule has 0 aromatic heterocycles. The van der Waals surface area contributed by atoms with Crippen LogP contribution >= 0.6 is 0 Å². The molecule has 2 aliphatic rings. The molecule has 0 radical (unpaired) electrons. The van der Waals surface area contributed by atoms with Crippen LogP contribution in [-0.2, 0) is 47.9 Å². The first-order chi connectivity index (χ1) is 24.7. The molecule has 0 unspecified atom stereocenters. The summed E-state index contributed by atoms with van der Waals surface area (Å²) in [6, 6.07) is -11.6. The molecule has 0 aliphatic carbocycles. The lowest BCUT2D eigenvalue weighted by molar-refractivity contribution is -0.144. The number of hydrogen-bond acceptors (Lipinski definition) is 11. The summed E-state index contributed by atoms with van der Waals surface area (Å²) >= 11 is 0. The third-order valence-electron chi connectivity index (χ3n) is 8.98. The zero-order chi connectivity index (χ0) is 40.3. The van der Waals surface area contributed by atoms with Crippen LogP contribution in [-0.4, -0.2) is 135 Å². The predicted molar refractivity (Wildman–Crippen MR) is 182 cm³/mol. The summed E-state index contributed by atoms with van der Waals surface area (Å²) in [6.07, 6.45) is -2.33. The number of hydrogen-bond donors (Lipinski definition) is 10. The number of primary amides is 1. The monoisotopic (exact) mass is 753 g/mol. The minimum atomic E-state index is -1.72. The minimum Gasteiger partial charge on any atom is -0.481 e. The Balaban J connectivity index is 2.55. The lowest BCUT2D eigenvalue weighted by Gasteiger charge is -2.30. The highest BCUT2D eigenvalue weighted by Gasteiger charge is 2.40. The molecule has 9 amide bonds. The van der Waals surface area contributed by atoms with Crippen LogP contribution in [0.25, 0.3) is 0 Å². The van der Waals surface area contributed by atoms with Gasteiger partial charge >= 0.3 is 5.97 Å². The zero-order valence-corrected chi connectivity index (χ0v) is 30.5. The summed E-state index contributed by atoms with van der Waals surface area (Å²) in [4.78, 5) is 131. The van der Waals surface area contributed by atoms with E-state index in [1.165, 1.54) is 27.7 Å². The van der Waals surface area contributed by atoms with E-state index in [1.807, 2.05) is 0 Å². The molecular weight excluding hydrogens is 702 g/mol. The van der Waals surface area contributed by atoms with E-state index in [-0.39, 0.29) is 13.0 Å². The van der Waals surface area contributed by atoms with Crippen LogP contribution in [0, 0.1) is 5.92 Å². The minimum absolute atomic E-state index is 0.0586. The normalized spacial score (nSPS) is 30.1. The maximum absolute atomic E-state index is 13.5. The number of nitrogens with one attached hydrogen (secondary N) is 7. The standard InChI is InChI=1S/C32H51N9O12/c1-7-13(2)23-30(51)38-19(12-22(44)45)28(49)36-16(5)32(53)41-10-8-9-20(41)29(50)37-18(11-21(33)43)27(48)34-14(3)26(47)40-24(17(6)42)31(52)35-15(4)25(46)39-23/h13-20,23-24,42H,7-12H2,1-6H3,(H2,33,43)(H,34,48)(H,35,52)(H,36,49)(H,37,50)(H,38,51)(H,39,46)(H,40,47)(H,44,45)/t13-,14-,15-,16-,17+,18-,19-,20-,23-,24-/m0/s1. The molecule has 2 heterocycles. The molecule has 0 bridgehead atoms. The van der Waals surface area contributed by atoms with Crippen LogP contribution in [0.4, 0.5) is 0 Å². The molecule has 296 valence electrons. The second-order valence-corrected chi connectivity index (χ2v) is 13.4. The molecule has 11 N–H and O–H groups in total. The van der Waals surface area contributed by atoms with Gasteiger partial charge in [-0.05, 0) is 46.5 Å². The van der Waals surface area contributed by atoms with Gasteiger partial charge in [-0.25, -0.2) is 0 Å². The van der Waals surface area contributed by atoms with Gasteiger partial charge in [0.2, 0.25) is 53.2 Å². The molecule has 2 fully saturated rings. The molecule has 21 heteroatoms. The Bertz CT molecular complexity index is 1460. The number of aliphatic hydroxyl groups excluding tert-OH is 1. The molecule has 0 aromatic carbocycles. The molecule has 2 aliphatic heterocycles. The van der Waals surface area contributed by atoms with Crippen molar-refractivity contribution >= 4 is 59.1 Å². The fourth-order valence-corrected chi connectivity index (χ4v) is 5.66. The van der Waals surface area contributed by atoms with Crippen molar-refractivity contribution in [3.8, 4) is 0 Å². The van der Waals surface area contributed by atoms with Crippen LogP contribution in [0.2, 0.25) is 0 Å². The second kappa shape index (κ2) is 19.5. The summed E-state index contributed by atoms with van der Waals surface area (Å²) in [6.45, 7) is 8.31. The van der Waals surface area contributed by atoms with Crippen molar-refractivity contribution in [1.29, 1.82) is 0 Å². The van der Waals surface area contributed by atoms with Crippen molar-refractivity contribution < 1.29 is 58.2 Å². The average molecular weight is 754 g/mol. The highest BCUT2D eigenvalue weighted by atomic mass is 16.4. The van der Waals surface area contributed by atoms with Gasteiger partial charge in [0.15, 0.2) is 0 Å². The Morgan fingerprint density at radius 1 is 0.698 bits per heavy atom. The molecule has 21 nitrogen and oxygen atoms in total. The number of amides is 9. The Labute approximate surface area is 305 Å². The van der Waals surface area contributed by atoms with Gasteiger partial charge in [-0.3, -0.25) is 47.9 Å². The third kappa shape index (κ3) is 12.4. The Morgan fingerprint density at radius 2 is 1.17 bits per heavy atom. The largest absolute Gasteiger partial charge is 0.481 e. The Morgan fingerprint density at radius 3 is 1.68 bits per heavy atom. The molecule has 0 saturated carbocycles. The number of carbonyl (C=O) groups excluding carboxylic acids is 9. The summed E-state index contributed by atoms with van der Waals surface area (Å²) in [7, 11) is 0. The van der Waals surface area contributed by atoms with E-state index in [0.717, 1.165) is 4.90 Å². The SMILES string of the molecule is CC[C@H](C)[C@@H]1NC(=O)[C@H](C)NC(=O)[C@H]([C@@H](C)O)NC(=O)[C@H](C)NC(=O)[C@H](CC(N)=O)NC(=O)[C@@H]2CCCN2C(=O)[C@H](C)NC(=O)[C@H](CC(=O)O)NC1=O. The molecule has 10 atom stereocenters. The van der Waals surface area contributed by atoms with Crippen molar-refractivity contribution in [2.45, 2.75) is 128 Å². The molecule has 2 saturated heterocycles. The summed E-state index contributed by atoms with van der Waals surface area (Å²) < 4.78 is 0. The lowest BCUT2D eigenvalue weighted by atomic mass is 9.97. The lowest BCUT2D eigenvalue weighted by Crippen LogP contribution is -2.62. The third-order valence-corrected chi connectivity index (χ3v) is 8.98. The fourth-order valence-electron chi connectivity index (χ4n) is 5.66. The topological polar surface area (TPSA) is 325 Å². The summed E-state index contributed by atoms with van der Waals surface area (Å²) in [5.74, 6) is -10.5. The van der Waals surface area contributed by atoms with E-state index < -0.39 is 132 Å². The van der Waals surface area contributed by atoms with Gasteiger partial charge < -0.3 is 58.1 Å². The van der Waals surface area contributed by atoms with E-state index >= 15 is 0 Å². The first kappa shape index (κ1) is 43.8. The number of carboxylic acid groups (broad SMARTS) is 1. The van der Waals surface area contributed by atoms with E-state index in [9.17, 15) is 58.2 Å². The number of nitrogens with two attached hydrogens (primary N) is 1. The van der Waals surface area contributed by atoms with Crippen LogP contribution in [0.15, 0.2) is 0 Å². The van der Waals surface area contributed by atoms with E-state index in [4.69, 9.17) is 5.73 Å². The highest BCUT2D eigenvalue weighted by Crippen LogP contribution is 2.19. The highest BCUT2D eigenvalue weighted by molar-refractivity contribution is 6.00. The van der Waals surface area contributed by atoms with Gasteiger partial charge in [0, 0.05) is 6.54 Å². The van der Waals surface area contributed by atoms with Gasteiger partial charge in [-0.2, -0.15) is 0 Å². The summed E-state index contributed by atoms with van der Waals surface area (Å²) in [5.41, 5.74) is 5.31. The van der Waals surface area contributed by atoms with E-state index in [1.54, 1.807) is 13.8 Å². The van der Waals surface area contributed by atoms with Crippen molar-refractivity contribution in [2.24, 2.45) is 11.7 Å². The molecule has 0 aromatic rings. The van der Waals surface area contributed by atoms with E-state index in [0.29, 0.717) is 12.8 Å². The number of aliphatic hydroxyl groups is 1. The second-order valence-electron chi connectivity index (χ2n) is 13.4. The number of aliphatic carboxylic acids is 1. The van der Waals surface area contributed by atoms with Crippen LogP contribution in [0.3, 0.4) is 0 Å². The van der Waals surface area contributed by atoms with Crippen LogP contribution < -0.4 is 43.0 Å². The van der Waals surface area contributed by atoms with Crippen LogP contribution in [0.5, 0.6) is 0 Å². The van der Waals surface area contributed by atoms with Gasteiger partial charge in [0.1, 0.15) is 48.3 Å². The van der Waals surface area contributed by atoms with Crippen molar-refractivity contribution in [1.82, 2.24) is 42.1 Å². The quantitative estimate of drug-likeness (QED) is 0.117. The molecule has 0 spiro atoms. The Kier molecular flexibility index (Phi) is 16.1. The number of nitrogens with zero attached hydrogens (tertiary/aromatic N) is 1. The number of carboxylic acids is 1. The van der Waals surface area contributed by atoms with Crippen molar-refractivity contribution in [2.75, 3.05) is 6.54 Å². The van der Waals surface area contributed by atoms with Gasteiger partial charge in [-0.1, -0.05) is 20.3 Å². The van der Waals surface area contributed by atoms with Crippen LogP contribution in [0.1, 0.15) is 73.6 Å². The van der Waals surface area contributed by atoms with Gasteiger partial charge in [0.05, 0.1) is 18.9 Å². The maximum Gasteiger partial charge on any atom is 0.305 e. The van der Waals surface area contributed by atoms with Gasteiger partial charge in [0.25, 0.3) is 0 Å². The smallest absolute Gasteiger partial charge is 0.305 e. The first-order valence-electron chi connectivity index (χ1n) is 17.3. The predicted octanol–water partition coefficient (Wildman–Crippen LogP) is -4.78. The zero-order valence-electron chi connectivity index (χ0n) is 30.5. The van der Waals surface area contributed by atoms with Gasteiger partial charge in [-0.15, -0.1) is 0 Å².